The van der Waals surface area contributed by atoms with Crippen molar-refractivity contribution in [3.8, 4) is 16.9 Å². The van der Waals surface area contributed by atoms with Crippen LogP contribution in [0.2, 0.25) is 0 Å². The third-order valence-electron chi connectivity index (χ3n) is 4.25. The van der Waals surface area contributed by atoms with Gasteiger partial charge in [-0.1, -0.05) is 59.8 Å². The predicted octanol–water partition coefficient (Wildman–Crippen LogP) is 4.09. The molecule has 0 aliphatic carbocycles. The topological polar surface area (TPSA) is 56.1 Å². The molecule has 2 aromatic carbocycles. The third kappa shape index (κ3) is 5.03. The van der Waals surface area contributed by atoms with Crippen molar-refractivity contribution in [3.63, 3.8) is 0 Å². The molecule has 1 amide bonds. The molecule has 0 spiro atoms. The zero-order chi connectivity index (χ0) is 19.9. The van der Waals surface area contributed by atoms with Crippen LogP contribution in [0, 0.1) is 6.92 Å². The van der Waals surface area contributed by atoms with Crippen LogP contribution in [0.1, 0.15) is 12.5 Å². The first kappa shape index (κ1) is 20.2. The smallest absolute Gasteiger partial charge is 0.230 e. The van der Waals surface area contributed by atoms with Crippen LogP contribution in [-0.4, -0.2) is 41.0 Å². The van der Waals surface area contributed by atoms with Crippen molar-refractivity contribution >= 4 is 17.7 Å². The predicted molar refractivity (Wildman–Crippen MR) is 114 cm³/mol. The van der Waals surface area contributed by atoms with Gasteiger partial charge in [0.05, 0.1) is 24.3 Å². The number of nitrogens with one attached hydrogen (secondary N) is 1. The van der Waals surface area contributed by atoms with Gasteiger partial charge >= 0.3 is 0 Å². The van der Waals surface area contributed by atoms with Crippen LogP contribution in [-0.2, 0) is 9.53 Å². The number of rotatable bonds is 8. The van der Waals surface area contributed by atoms with Crippen LogP contribution < -0.4 is 5.32 Å². The van der Waals surface area contributed by atoms with E-state index in [9.17, 15) is 4.79 Å². The summed E-state index contributed by atoms with van der Waals surface area (Å²) in [7, 11) is 1.63. The largest absolute Gasteiger partial charge is 0.383 e. The van der Waals surface area contributed by atoms with Gasteiger partial charge < -0.3 is 10.1 Å². The van der Waals surface area contributed by atoms with Crippen LogP contribution in [0.25, 0.3) is 16.9 Å². The van der Waals surface area contributed by atoms with E-state index < -0.39 is 0 Å². The second-order valence-electron chi connectivity index (χ2n) is 6.68. The quantitative estimate of drug-likeness (QED) is 0.584. The molecule has 1 unspecified atom stereocenters. The van der Waals surface area contributed by atoms with Gasteiger partial charge in [0.2, 0.25) is 5.91 Å². The molecule has 5 nitrogen and oxygen atoms in total. The van der Waals surface area contributed by atoms with Gasteiger partial charge in [0, 0.05) is 24.4 Å². The number of ether oxygens (including phenoxy) is 1. The number of carbonyl (C=O) groups excluding carboxylic acids is 1. The highest BCUT2D eigenvalue weighted by molar-refractivity contribution is 7.99. The summed E-state index contributed by atoms with van der Waals surface area (Å²) < 4.78 is 7.17. The number of amides is 1. The lowest BCUT2D eigenvalue weighted by molar-refractivity contribution is -0.119. The first-order valence-electron chi connectivity index (χ1n) is 9.20. The van der Waals surface area contributed by atoms with Crippen molar-refractivity contribution in [2.24, 2.45) is 0 Å². The van der Waals surface area contributed by atoms with E-state index in [1.807, 2.05) is 43.5 Å². The van der Waals surface area contributed by atoms with E-state index in [4.69, 9.17) is 4.74 Å². The zero-order valence-corrected chi connectivity index (χ0v) is 17.2. The molecule has 1 aromatic heterocycles. The Morgan fingerprint density at radius 3 is 2.57 bits per heavy atom. The first-order chi connectivity index (χ1) is 13.6. The fraction of sp³-hybridized carbons (Fsp3) is 0.273. The standard InChI is InChI=1S/C22H25N3O2S/c1-16-9-11-18(12-10-16)20-13-23-22(25(20)19-7-5-4-6-8-19)28-15-21(26)24-17(2)14-27-3/h4-13,17H,14-15H2,1-3H3,(H,24,26). The minimum atomic E-state index is -0.0333. The Bertz CT molecular complexity index is 907. The Morgan fingerprint density at radius 2 is 1.89 bits per heavy atom. The zero-order valence-electron chi connectivity index (χ0n) is 16.4. The van der Waals surface area contributed by atoms with Crippen LogP contribution in [0.3, 0.4) is 0 Å². The van der Waals surface area contributed by atoms with Crippen molar-refractivity contribution in [2.75, 3.05) is 19.5 Å². The molecule has 1 heterocycles. The van der Waals surface area contributed by atoms with Gasteiger partial charge in [-0.3, -0.25) is 9.36 Å². The highest BCUT2D eigenvalue weighted by atomic mass is 32.2. The van der Waals surface area contributed by atoms with Crippen LogP contribution >= 0.6 is 11.8 Å². The minimum absolute atomic E-state index is 0.0184. The number of imidazole rings is 1. The number of hydrogen-bond acceptors (Lipinski definition) is 4. The normalized spacial score (nSPS) is 12.0. The summed E-state index contributed by atoms with van der Waals surface area (Å²) >= 11 is 1.43. The Balaban J connectivity index is 1.85. The van der Waals surface area contributed by atoms with E-state index in [1.54, 1.807) is 7.11 Å². The summed E-state index contributed by atoms with van der Waals surface area (Å²) in [4.78, 5) is 16.8. The average molecular weight is 396 g/mol. The van der Waals surface area contributed by atoms with Gasteiger partial charge in [-0.05, 0) is 26.0 Å². The minimum Gasteiger partial charge on any atom is -0.383 e. The van der Waals surface area contributed by atoms with Crippen molar-refractivity contribution < 1.29 is 9.53 Å². The van der Waals surface area contributed by atoms with Gasteiger partial charge in [-0.2, -0.15) is 0 Å². The molecule has 0 saturated heterocycles. The van der Waals surface area contributed by atoms with Crippen LogP contribution in [0.15, 0.2) is 66.0 Å². The monoisotopic (exact) mass is 395 g/mol. The number of carbonyl (C=O) groups is 1. The molecule has 6 heteroatoms. The lowest BCUT2D eigenvalue weighted by atomic mass is 10.1. The molecular weight excluding hydrogens is 370 g/mol. The molecule has 0 bridgehead atoms. The molecule has 0 radical (unpaired) electrons. The summed E-state index contributed by atoms with van der Waals surface area (Å²) in [5.74, 6) is 0.264. The van der Waals surface area contributed by atoms with E-state index in [0.717, 1.165) is 22.1 Å². The molecule has 1 atom stereocenters. The van der Waals surface area contributed by atoms with E-state index in [0.29, 0.717) is 12.4 Å². The number of methoxy groups -OCH3 is 1. The van der Waals surface area contributed by atoms with Crippen molar-refractivity contribution in [1.82, 2.24) is 14.9 Å². The summed E-state index contributed by atoms with van der Waals surface area (Å²) in [6, 6.07) is 18.4. The fourth-order valence-corrected chi connectivity index (χ4v) is 3.73. The highest BCUT2D eigenvalue weighted by Crippen LogP contribution is 2.29. The second-order valence-corrected chi connectivity index (χ2v) is 7.62. The van der Waals surface area contributed by atoms with Crippen molar-refractivity contribution in [2.45, 2.75) is 25.0 Å². The maximum atomic E-state index is 12.2. The summed E-state index contributed by atoms with van der Waals surface area (Å²) in [5, 5.41) is 3.72. The number of hydrogen-bond donors (Lipinski definition) is 1. The molecular formula is C22H25N3O2S. The van der Waals surface area contributed by atoms with Gasteiger partial charge in [0.25, 0.3) is 0 Å². The van der Waals surface area contributed by atoms with E-state index in [-0.39, 0.29) is 11.9 Å². The first-order valence-corrected chi connectivity index (χ1v) is 10.2. The highest BCUT2D eigenvalue weighted by Gasteiger charge is 2.16. The Labute approximate surface area is 170 Å². The van der Waals surface area contributed by atoms with Gasteiger partial charge in [-0.15, -0.1) is 0 Å². The van der Waals surface area contributed by atoms with Gasteiger partial charge in [0.15, 0.2) is 5.16 Å². The van der Waals surface area contributed by atoms with Crippen molar-refractivity contribution in [3.05, 3.63) is 66.4 Å². The van der Waals surface area contributed by atoms with Crippen LogP contribution in [0.4, 0.5) is 0 Å². The maximum Gasteiger partial charge on any atom is 0.230 e. The van der Waals surface area contributed by atoms with E-state index >= 15 is 0 Å². The lowest BCUT2D eigenvalue weighted by Gasteiger charge is -2.14. The van der Waals surface area contributed by atoms with Gasteiger partial charge in [0.1, 0.15) is 0 Å². The van der Waals surface area contributed by atoms with E-state index in [2.05, 4.69) is 46.1 Å². The fourth-order valence-electron chi connectivity index (χ4n) is 2.93. The maximum absolute atomic E-state index is 12.2. The SMILES string of the molecule is COCC(C)NC(=O)CSc1ncc(-c2ccc(C)cc2)n1-c1ccccc1. The molecule has 0 fully saturated rings. The molecule has 0 aliphatic heterocycles. The molecule has 1 N–H and O–H groups in total. The van der Waals surface area contributed by atoms with Crippen LogP contribution in [0.5, 0.6) is 0 Å². The Morgan fingerprint density at radius 1 is 1.18 bits per heavy atom. The average Bonchev–Trinajstić information content (AvgIpc) is 3.12. The summed E-state index contributed by atoms with van der Waals surface area (Å²) in [6.45, 7) is 4.49. The molecule has 28 heavy (non-hydrogen) atoms. The number of aryl methyl sites for hydroxylation is 1. The van der Waals surface area contributed by atoms with Gasteiger partial charge in [-0.25, -0.2) is 4.98 Å². The van der Waals surface area contributed by atoms with Crippen molar-refractivity contribution in [1.29, 1.82) is 0 Å². The Kier molecular flexibility index (Phi) is 6.90. The molecule has 146 valence electrons. The Hall–Kier alpha value is -2.57. The number of benzene rings is 2. The number of aromatic nitrogens is 2. The van der Waals surface area contributed by atoms with E-state index in [1.165, 1.54) is 17.3 Å². The molecule has 0 aliphatic rings. The molecule has 0 saturated carbocycles. The molecule has 3 rings (SSSR count). The number of para-hydroxylation sites is 1. The number of nitrogens with zero attached hydrogens (tertiary/aromatic N) is 2. The number of thioether (sulfide) groups is 1. The summed E-state index contributed by atoms with van der Waals surface area (Å²) in [5.41, 5.74) is 4.33. The second kappa shape index (κ2) is 9.57. The lowest BCUT2D eigenvalue weighted by Crippen LogP contribution is -2.36. The third-order valence-corrected chi connectivity index (χ3v) is 5.20. The summed E-state index contributed by atoms with van der Waals surface area (Å²) in [6.07, 6.45) is 1.87. The molecule has 3 aromatic rings.